The average molecular weight is 261 g/mol. The molecule has 1 aromatic carbocycles. The fourth-order valence-corrected chi connectivity index (χ4v) is 1.78. The molecule has 1 heterocycles. The Kier molecular flexibility index (Phi) is 3.03. The van der Waals surface area contributed by atoms with Crippen LogP contribution in [-0.4, -0.2) is 11.9 Å². The van der Waals surface area contributed by atoms with Gasteiger partial charge < -0.3 is 9.47 Å². The highest BCUT2D eigenvalue weighted by Crippen LogP contribution is 2.31. The summed E-state index contributed by atoms with van der Waals surface area (Å²) in [5, 5.41) is 0.724. The first-order valence-electron chi connectivity index (χ1n) is 4.40. The number of ether oxygens (including phenoxy) is 2. The summed E-state index contributed by atoms with van der Waals surface area (Å²) in [6.07, 6.45) is -1.46. The number of rotatable bonds is 1. The summed E-state index contributed by atoms with van der Waals surface area (Å²) in [5.41, 5.74) is 0.396. The zero-order valence-electron chi connectivity index (χ0n) is 7.91. The maximum absolute atomic E-state index is 11.0. The van der Waals surface area contributed by atoms with Gasteiger partial charge in [0.2, 0.25) is 0 Å². The molecule has 0 bridgehead atoms. The molecule has 0 amide bonds. The molecule has 6 heteroatoms. The minimum Gasteiger partial charge on any atom is -0.420 e. The predicted octanol–water partition coefficient (Wildman–Crippen LogP) is 2.48. The Labute approximate surface area is 101 Å². The standard InChI is InChI=1S/C10H6Cl2O4/c11-5-1-2-6(7(12)3-5)10-15-8(13)4-9(14)16-10/h1-3,10H,4H2. The summed E-state index contributed by atoms with van der Waals surface area (Å²) in [5.74, 6) is -1.26. The number of halogens is 2. The fourth-order valence-electron chi connectivity index (χ4n) is 1.28. The molecule has 0 N–H and O–H groups in total. The third-order valence-corrected chi connectivity index (χ3v) is 2.54. The molecule has 0 unspecified atom stereocenters. The van der Waals surface area contributed by atoms with Gasteiger partial charge in [-0.25, -0.2) is 0 Å². The molecule has 0 radical (unpaired) electrons. The lowest BCUT2D eigenvalue weighted by Crippen LogP contribution is -2.26. The van der Waals surface area contributed by atoms with E-state index in [0.717, 1.165) is 0 Å². The Hall–Kier alpha value is -1.26. The van der Waals surface area contributed by atoms with E-state index in [0.29, 0.717) is 10.6 Å². The number of cyclic esters (lactones) is 2. The van der Waals surface area contributed by atoms with E-state index in [-0.39, 0.29) is 11.4 Å². The topological polar surface area (TPSA) is 52.6 Å². The highest BCUT2D eigenvalue weighted by molar-refractivity contribution is 6.35. The molecule has 16 heavy (non-hydrogen) atoms. The molecular weight excluding hydrogens is 255 g/mol. The van der Waals surface area contributed by atoms with Crippen LogP contribution in [0.4, 0.5) is 0 Å². The Balaban J connectivity index is 2.29. The predicted molar refractivity (Wildman–Crippen MR) is 56.0 cm³/mol. The van der Waals surface area contributed by atoms with Crippen LogP contribution in [0, 0.1) is 0 Å². The van der Waals surface area contributed by atoms with Crippen LogP contribution in [-0.2, 0) is 19.1 Å². The van der Waals surface area contributed by atoms with E-state index in [1.165, 1.54) is 6.07 Å². The lowest BCUT2D eigenvalue weighted by molar-refractivity contribution is -0.204. The number of esters is 2. The van der Waals surface area contributed by atoms with Crippen molar-refractivity contribution < 1.29 is 19.1 Å². The highest BCUT2D eigenvalue weighted by Gasteiger charge is 2.30. The molecule has 0 atom stereocenters. The van der Waals surface area contributed by atoms with Gasteiger partial charge in [-0.05, 0) is 18.2 Å². The SMILES string of the molecule is O=C1CC(=O)OC(c2ccc(Cl)cc2Cl)O1. The summed E-state index contributed by atoms with van der Waals surface area (Å²) in [6.45, 7) is 0. The van der Waals surface area contributed by atoms with Gasteiger partial charge in [-0.15, -0.1) is 0 Å². The monoisotopic (exact) mass is 260 g/mol. The second-order valence-electron chi connectivity index (χ2n) is 3.15. The summed E-state index contributed by atoms with van der Waals surface area (Å²) in [6, 6.07) is 4.59. The van der Waals surface area contributed by atoms with E-state index in [1.54, 1.807) is 12.1 Å². The van der Waals surface area contributed by atoms with Crippen LogP contribution in [0.25, 0.3) is 0 Å². The van der Waals surface area contributed by atoms with Gasteiger partial charge in [0.15, 0.2) is 0 Å². The minimum absolute atomic E-state index is 0.278. The third kappa shape index (κ3) is 2.28. The van der Waals surface area contributed by atoms with Crippen LogP contribution < -0.4 is 0 Å². The maximum atomic E-state index is 11.0. The van der Waals surface area contributed by atoms with Crippen molar-refractivity contribution >= 4 is 35.1 Å². The molecule has 0 aromatic heterocycles. The van der Waals surface area contributed by atoms with Crippen LogP contribution in [0.2, 0.25) is 10.0 Å². The highest BCUT2D eigenvalue weighted by atomic mass is 35.5. The first kappa shape index (κ1) is 11.2. The Morgan fingerprint density at radius 1 is 1.12 bits per heavy atom. The van der Waals surface area contributed by atoms with Gasteiger partial charge in [-0.1, -0.05) is 23.2 Å². The molecular formula is C10H6Cl2O4. The molecule has 0 spiro atoms. The smallest absolute Gasteiger partial charge is 0.320 e. The Morgan fingerprint density at radius 2 is 1.75 bits per heavy atom. The van der Waals surface area contributed by atoms with Gasteiger partial charge in [-0.2, -0.15) is 0 Å². The fraction of sp³-hybridized carbons (Fsp3) is 0.200. The van der Waals surface area contributed by atoms with E-state index < -0.39 is 18.2 Å². The molecule has 0 aliphatic carbocycles. The van der Waals surface area contributed by atoms with E-state index in [9.17, 15) is 9.59 Å². The number of carbonyl (C=O) groups excluding carboxylic acids is 2. The average Bonchev–Trinajstić information content (AvgIpc) is 2.15. The first-order valence-corrected chi connectivity index (χ1v) is 5.16. The van der Waals surface area contributed by atoms with Crippen LogP contribution in [0.15, 0.2) is 18.2 Å². The van der Waals surface area contributed by atoms with Crippen molar-refractivity contribution in [1.29, 1.82) is 0 Å². The normalized spacial score (nSPS) is 16.9. The van der Waals surface area contributed by atoms with Crippen LogP contribution in [0.5, 0.6) is 0 Å². The molecule has 1 fully saturated rings. The molecule has 1 aromatic rings. The third-order valence-electron chi connectivity index (χ3n) is 1.98. The van der Waals surface area contributed by atoms with E-state index in [2.05, 4.69) is 0 Å². The van der Waals surface area contributed by atoms with Gasteiger partial charge in [0.05, 0.1) is 10.6 Å². The molecule has 2 rings (SSSR count). The van der Waals surface area contributed by atoms with Crippen molar-refractivity contribution in [3.8, 4) is 0 Å². The first-order chi connectivity index (χ1) is 7.56. The minimum atomic E-state index is -1.08. The quantitative estimate of drug-likeness (QED) is 0.575. The maximum Gasteiger partial charge on any atom is 0.320 e. The van der Waals surface area contributed by atoms with Gasteiger partial charge in [0, 0.05) is 5.02 Å². The Bertz CT molecular complexity index is 442. The number of benzene rings is 1. The second-order valence-corrected chi connectivity index (χ2v) is 4.00. The van der Waals surface area contributed by atoms with Crippen molar-refractivity contribution in [1.82, 2.24) is 0 Å². The number of carbonyl (C=O) groups is 2. The van der Waals surface area contributed by atoms with Crippen molar-refractivity contribution in [3.05, 3.63) is 33.8 Å². The summed E-state index contributed by atoms with van der Waals surface area (Å²) >= 11 is 11.6. The lowest BCUT2D eigenvalue weighted by atomic mass is 10.2. The largest absolute Gasteiger partial charge is 0.420 e. The van der Waals surface area contributed by atoms with Gasteiger partial charge in [0.25, 0.3) is 6.29 Å². The molecule has 84 valence electrons. The van der Waals surface area contributed by atoms with E-state index in [4.69, 9.17) is 32.7 Å². The van der Waals surface area contributed by atoms with Crippen LogP contribution >= 0.6 is 23.2 Å². The molecule has 1 aliphatic heterocycles. The number of hydrogen-bond donors (Lipinski definition) is 0. The summed E-state index contributed by atoms with van der Waals surface area (Å²) < 4.78 is 9.71. The van der Waals surface area contributed by atoms with Crippen LogP contribution in [0.3, 0.4) is 0 Å². The lowest BCUT2D eigenvalue weighted by Gasteiger charge is -2.23. The van der Waals surface area contributed by atoms with Gasteiger partial charge in [-0.3, -0.25) is 9.59 Å². The van der Waals surface area contributed by atoms with Crippen molar-refractivity contribution in [3.63, 3.8) is 0 Å². The van der Waals surface area contributed by atoms with E-state index >= 15 is 0 Å². The van der Waals surface area contributed by atoms with Crippen molar-refractivity contribution in [2.45, 2.75) is 12.7 Å². The second kappa shape index (κ2) is 4.31. The van der Waals surface area contributed by atoms with Crippen molar-refractivity contribution in [2.75, 3.05) is 0 Å². The molecule has 4 nitrogen and oxygen atoms in total. The number of hydrogen-bond acceptors (Lipinski definition) is 4. The van der Waals surface area contributed by atoms with E-state index in [1.807, 2.05) is 0 Å². The summed E-state index contributed by atoms with van der Waals surface area (Å²) in [4.78, 5) is 22.1. The Morgan fingerprint density at radius 3 is 2.31 bits per heavy atom. The molecule has 1 aliphatic rings. The van der Waals surface area contributed by atoms with Gasteiger partial charge >= 0.3 is 11.9 Å². The van der Waals surface area contributed by atoms with Crippen LogP contribution in [0.1, 0.15) is 18.3 Å². The summed E-state index contributed by atoms with van der Waals surface area (Å²) in [7, 11) is 0. The zero-order valence-corrected chi connectivity index (χ0v) is 9.42. The zero-order chi connectivity index (χ0) is 11.7. The van der Waals surface area contributed by atoms with Crippen molar-refractivity contribution in [2.24, 2.45) is 0 Å². The molecule has 1 saturated heterocycles. The van der Waals surface area contributed by atoms with Gasteiger partial charge in [0.1, 0.15) is 6.42 Å². The molecule has 0 saturated carbocycles.